The minimum Gasteiger partial charge on any atom is -0.480 e. The Bertz CT molecular complexity index is 2150. The largest absolute Gasteiger partial charge is 0.480 e. The number of fused-ring (bicyclic) bond motifs is 1. The highest BCUT2D eigenvalue weighted by molar-refractivity contribution is 7.92. The zero-order valence-corrected chi connectivity index (χ0v) is 26.0. The van der Waals surface area contributed by atoms with Crippen molar-refractivity contribution in [3.05, 3.63) is 131 Å². The zero-order valence-electron chi connectivity index (χ0n) is 24.4. The SMILES string of the molecule is Cc1ccc2ccccc2c1S(=O)(=O)N(Cc1ccc(-c2cccc(S(=O)(=O)CC(=O)O)c2)cc1)Cc1cccc(C(F)(F)F)c1. The first kappa shape index (κ1) is 32.9. The first-order chi connectivity index (χ1) is 21.6. The molecule has 0 aliphatic carbocycles. The molecule has 0 spiro atoms. The number of nitrogens with zero attached hydrogens (tertiary/aromatic N) is 1. The third-order valence-corrected chi connectivity index (χ3v) is 11.0. The summed E-state index contributed by atoms with van der Waals surface area (Å²) in [6.45, 7) is 1.16. The van der Waals surface area contributed by atoms with E-state index in [2.05, 4.69) is 0 Å². The Morgan fingerprint density at radius 3 is 2.11 bits per heavy atom. The van der Waals surface area contributed by atoms with E-state index in [1.54, 1.807) is 67.6 Å². The molecule has 5 rings (SSSR count). The van der Waals surface area contributed by atoms with Crippen LogP contribution in [0.5, 0.6) is 0 Å². The van der Waals surface area contributed by atoms with Crippen LogP contribution in [-0.4, -0.2) is 38.0 Å². The van der Waals surface area contributed by atoms with Gasteiger partial charge in [-0.2, -0.15) is 17.5 Å². The van der Waals surface area contributed by atoms with Gasteiger partial charge < -0.3 is 5.11 Å². The van der Waals surface area contributed by atoms with Crippen LogP contribution >= 0.6 is 0 Å². The summed E-state index contributed by atoms with van der Waals surface area (Å²) in [5, 5.41) is 10.2. The Morgan fingerprint density at radius 2 is 1.41 bits per heavy atom. The second kappa shape index (κ2) is 12.7. The van der Waals surface area contributed by atoms with Crippen LogP contribution in [0.1, 0.15) is 22.3 Å². The van der Waals surface area contributed by atoms with Crippen molar-refractivity contribution in [1.82, 2.24) is 4.31 Å². The van der Waals surface area contributed by atoms with Crippen molar-refractivity contribution >= 4 is 36.6 Å². The molecule has 0 aliphatic rings. The summed E-state index contributed by atoms with van der Waals surface area (Å²) in [5.41, 5.74) is 1.38. The number of hydrogen-bond donors (Lipinski definition) is 1. The smallest absolute Gasteiger partial charge is 0.416 e. The fourth-order valence-corrected chi connectivity index (χ4v) is 8.14. The summed E-state index contributed by atoms with van der Waals surface area (Å²) in [4.78, 5) is 10.9. The van der Waals surface area contributed by atoms with Crippen molar-refractivity contribution in [1.29, 1.82) is 0 Å². The molecule has 12 heteroatoms. The first-order valence-corrected chi connectivity index (χ1v) is 17.0. The predicted molar refractivity (Wildman–Crippen MR) is 168 cm³/mol. The molecule has 0 unspecified atom stereocenters. The third-order valence-electron chi connectivity index (χ3n) is 7.44. The Balaban J connectivity index is 1.53. The number of halogens is 3. The van der Waals surface area contributed by atoms with Crippen LogP contribution in [0.15, 0.2) is 119 Å². The number of aryl methyl sites for hydroxylation is 1. The van der Waals surface area contributed by atoms with Crippen LogP contribution in [0.25, 0.3) is 21.9 Å². The summed E-state index contributed by atoms with van der Waals surface area (Å²) in [6, 6.07) is 27.5. The maximum atomic E-state index is 14.4. The van der Waals surface area contributed by atoms with Crippen molar-refractivity contribution in [2.24, 2.45) is 0 Å². The second-order valence-corrected chi connectivity index (χ2v) is 14.6. The van der Waals surface area contributed by atoms with Gasteiger partial charge in [0.15, 0.2) is 15.6 Å². The van der Waals surface area contributed by atoms with Crippen LogP contribution in [0.2, 0.25) is 0 Å². The van der Waals surface area contributed by atoms with Gasteiger partial charge in [0.1, 0.15) is 0 Å². The Hall–Kier alpha value is -4.52. The molecule has 238 valence electrons. The molecule has 0 bridgehead atoms. The number of alkyl halides is 3. The van der Waals surface area contributed by atoms with Gasteiger partial charge in [-0.1, -0.05) is 91.0 Å². The third kappa shape index (κ3) is 7.14. The summed E-state index contributed by atoms with van der Waals surface area (Å²) < 4.78 is 95.3. The van der Waals surface area contributed by atoms with Gasteiger partial charge in [-0.05, 0) is 58.3 Å². The van der Waals surface area contributed by atoms with Gasteiger partial charge in [-0.25, -0.2) is 16.8 Å². The number of carboxylic acid groups (broad SMARTS) is 1. The van der Waals surface area contributed by atoms with Crippen LogP contribution in [-0.2, 0) is 43.9 Å². The number of carbonyl (C=O) groups is 1. The van der Waals surface area contributed by atoms with E-state index >= 15 is 0 Å². The standard InChI is InChI=1S/C34H28F3NO6S2/c1-23-12-15-27-7-2-3-11-31(27)33(23)46(43,44)38(21-25-6-4-9-29(18-25)34(35,36)37)20-24-13-16-26(17-14-24)28-8-5-10-30(19-28)45(41,42)22-32(39)40/h2-19H,20-22H2,1H3,(H,39,40). The Morgan fingerprint density at radius 1 is 0.739 bits per heavy atom. The molecule has 5 aromatic carbocycles. The first-order valence-electron chi connectivity index (χ1n) is 13.9. The molecule has 5 aromatic rings. The van der Waals surface area contributed by atoms with Crippen molar-refractivity contribution in [3.63, 3.8) is 0 Å². The second-order valence-electron chi connectivity index (χ2n) is 10.8. The van der Waals surface area contributed by atoms with Crippen LogP contribution in [0, 0.1) is 6.92 Å². The molecular weight excluding hydrogens is 640 g/mol. The van der Waals surface area contributed by atoms with Gasteiger partial charge in [0.25, 0.3) is 0 Å². The maximum absolute atomic E-state index is 14.4. The summed E-state index contributed by atoms with van der Waals surface area (Å²) in [7, 11) is -8.32. The van der Waals surface area contributed by atoms with Gasteiger partial charge >= 0.3 is 12.1 Å². The molecule has 0 saturated carbocycles. The van der Waals surface area contributed by atoms with E-state index in [1.807, 2.05) is 6.07 Å². The normalized spacial score (nSPS) is 12.5. The van der Waals surface area contributed by atoms with E-state index in [4.69, 9.17) is 5.11 Å². The maximum Gasteiger partial charge on any atom is 0.416 e. The lowest BCUT2D eigenvalue weighted by Crippen LogP contribution is -2.31. The molecular formula is C34H28F3NO6S2. The lowest BCUT2D eigenvalue weighted by molar-refractivity contribution is -0.137. The Labute approximate surface area is 264 Å². The Kier molecular flexibility index (Phi) is 9.07. The van der Waals surface area contributed by atoms with E-state index in [0.29, 0.717) is 33.0 Å². The molecule has 0 saturated heterocycles. The molecule has 0 atom stereocenters. The number of rotatable bonds is 10. The van der Waals surface area contributed by atoms with Crippen molar-refractivity contribution < 1.29 is 39.9 Å². The monoisotopic (exact) mass is 667 g/mol. The average Bonchev–Trinajstić information content (AvgIpc) is 3.00. The lowest BCUT2D eigenvalue weighted by Gasteiger charge is -2.25. The van der Waals surface area contributed by atoms with Gasteiger partial charge in [-0.15, -0.1) is 0 Å². The van der Waals surface area contributed by atoms with Gasteiger partial charge in [0, 0.05) is 18.5 Å². The van der Waals surface area contributed by atoms with Crippen LogP contribution in [0.3, 0.4) is 0 Å². The lowest BCUT2D eigenvalue weighted by atomic mass is 10.0. The van der Waals surface area contributed by atoms with Gasteiger partial charge in [0.2, 0.25) is 10.0 Å². The van der Waals surface area contributed by atoms with Gasteiger partial charge in [0.05, 0.1) is 15.4 Å². The fourth-order valence-electron chi connectivity index (χ4n) is 5.22. The van der Waals surface area contributed by atoms with Crippen LogP contribution in [0.4, 0.5) is 13.2 Å². The number of carboxylic acids is 1. The summed E-state index contributed by atoms with van der Waals surface area (Å²) in [5.74, 6) is -2.53. The van der Waals surface area contributed by atoms with E-state index in [9.17, 15) is 34.8 Å². The quantitative estimate of drug-likeness (QED) is 0.171. The topological polar surface area (TPSA) is 109 Å². The zero-order chi connectivity index (χ0) is 33.3. The minimum absolute atomic E-state index is 0.0635. The minimum atomic E-state index is -4.61. The number of sulfonamides is 1. The molecule has 0 aliphatic heterocycles. The highest BCUT2D eigenvalue weighted by Crippen LogP contribution is 2.33. The van der Waals surface area contributed by atoms with E-state index < -0.39 is 43.3 Å². The molecule has 0 radical (unpaired) electrons. The van der Waals surface area contributed by atoms with E-state index in [-0.39, 0.29) is 28.4 Å². The molecule has 7 nitrogen and oxygen atoms in total. The van der Waals surface area contributed by atoms with E-state index in [0.717, 1.165) is 16.4 Å². The van der Waals surface area contributed by atoms with E-state index in [1.165, 1.54) is 30.3 Å². The number of sulfone groups is 1. The summed E-state index contributed by atoms with van der Waals surface area (Å²) >= 11 is 0. The fraction of sp³-hybridized carbons (Fsp3) is 0.147. The van der Waals surface area contributed by atoms with Crippen molar-refractivity contribution in [2.45, 2.75) is 36.0 Å². The number of benzene rings is 5. The molecule has 0 fully saturated rings. The predicted octanol–water partition coefficient (Wildman–Crippen LogP) is 7.08. The number of aliphatic carboxylic acids is 1. The van der Waals surface area contributed by atoms with Crippen molar-refractivity contribution in [2.75, 3.05) is 5.75 Å². The molecule has 46 heavy (non-hydrogen) atoms. The molecule has 0 amide bonds. The molecule has 1 N–H and O–H groups in total. The van der Waals surface area contributed by atoms with Gasteiger partial charge in [-0.3, -0.25) is 4.79 Å². The van der Waals surface area contributed by atoms with Crippen LogP contribution < -0.4 is 0 Å². The molecule has 0 heterocycles. The highest BCUT2D eigenvalue weighted by atomic mass is 32.2. The summed E-state index contributed by atoms with van der Waals surface area (Å²) in [6.07, 6.45) is -4.61. The van der Waals surface area contributed by atoms with Crippen molar-refractivity contribution in [3.8, 4) is 11.1 Å². The molecule has 0 aromatic heterocycles. The average molecular weight is 668 g/mol. The highest BCUT2D eigenvalue weighted by Gasteiger charge is 2.32. The number of hydrogen-bond acceptors (Lipinski definition) is 5.